The van der Waals surface area contributed by atoms with Crippen LogP contribution in [-0.4, -0.2) is 54.7 Å². The van der Waals surface area contributed by atoms with E-state index < -0.39 is 11.9 Å². The molecule has 1 N–H and O–H groups in total. The summed E-state index contributed by atoms with van der Waals surface area (Å²) in [5, 5.41) is 7.11. The number of carbonyl (C=O) groups excluding carboxylic acids is 1. The number of nitrogens with zero attached hydrogens (tertiary/aromatic N) is 3. The molecule has 4 rings (SSSR count). The van der Waals surface area contributed by atoms with Gasteiger partial charge in [-0.05, 0) is 49.1 Å². The van der Waals surface area contributed by atoms with Gasteiger partial charge < -0.3 is 19.3 Å². The first-order valence-electron chi connectivity index (χ1n) is 10.6. The van der Waals surface area contributed by atoms with Crippen molar-refractivity contribution >= 4 is 23.4 Å². The Kier molecular flexibility index (Phi) is 7.18. The molecule has 2 amide bonds. The van der Waals surface area contributed by atoms with E-state index >= 15 is 0 Å². The Morgan fingerprint density at radius 2 is 1.97 bits per heavy atom. The average molecular weight is 485 g/mol. The van der Waals surface area contributed by atoms with Gasteiger partial charge in [0.25, 0.3) is 5.89 Å². The van der Waals surface area contributed by atoms with Crippen molar-refractivity contribution in [3.8, 4) is 17.1 Å². The molecule has 1 aliphatic rings. The number of amides is 2. The molecule has 0 bridgehead atoms. The largest absolute Gasteiger partial charge is 0.494 e. The zero-order valence-electron chi connectivity index (χ0n) is 19.3. The van der Waals surface area contributed by atoms with Crippen LogP contribution in [0.25, 0.3) is 17.0 Å². The van der Waals surface area contributed by atoms with Crippen molar-refractivity contribution in [3.05, 3.63) is 65.4 Å². The first kappa shape index (κ1) is 23.8. The number of ether oxygens (including phenoxy) is 2. The van der Waals surface area contributed by atoms with Crippen molar-refractivity contribution in [1.82, 2.24) is 20.4 Å². The number of hydrogen-bond acceptors (Lipinski definition) is 7. The maximum atomic E-state index is 14.2. The van der Waals surface area contributed by atoms with E-state index in [4.69, 9.17) is 14.0 Å². The summed E-state index contributed by atoms with van der Waals surface area (Å²) >= 11 is 1.63. The Hall–Kier alpha value is -3.37. The first-order valence-corrected chi connectivity index (χ1v) is 11.8. The molecular weight excluding hydrogens is 459 g/mol. The molecule has 178 valence electrons. The van der Waals surface area contributed by atoms with Crippen molar-refractivity contribution in [2.24, 2.45) is 0 Å². The van der Waals surface area contributed by atoms with Gasteiger partial charge in [-0.25, -0.2) is 9.18 Å². The van der Waals surface area contributed by atoms with E-state index in [1.54, 1.807) is 29.8 Å². The highest BCUT2D eigenvalue weighted by molar-refractivity contribution is 7.98. The highest BCUT2D eigenvalue weighted by Gasteiger charge is 2.35. The van der Waals surface area contributed by atoms with Gasteiger partial charge in [0.15, 0.2) is 11.6 Å². The number of methoxy groups -OCH3 is 2. The molecular formula is C24H25FN4O4S. The van der Waals surface area contributed by atoms with E-state index in [0.29, 0.717) is 30.0 Å². The van der Waals surface area contributed by atoms with Gasteiger partial charge in [0.2, 0.25) is 5.82 Å². The van der Waals surface area contributed by atoms with Crippen LogP contribution >= 0.6 is 11.8 Å². The Balaban J connectivity index is 1.77. The van der Waals surface area contributed by atoms with Crippen LogP contribution in [0.5, 0.6) is 5.75 Å². The molecule has 34 heavy (non-hydrogen) atoms. The number of nitrogens with one attached hydrogen (secondary N) is 1. The van der Waals surface area contributed by atoms with E-state index in [9.17, 15) is 9.18 Å². The highest BCUT2D eigenvalue weighted by atomic mass is 32.2. The number of carbonyl (C=O) groups is 1. The number of hydrogen-bond donors (Lipinski definition) is 1. The number of rotatable bonds is 8. The standard InChI is InChI=1S/C24H25FN4O4S/c1-14-20(23-27-22(28-33-23)16-7-10-19(32-3)18(25)13-16)21(15-5-8-17(34-4)9-6-15)26-24(30)29(14)11-12-31-2/h5-10,13,21H,11-12H2,1-4H3,(H,26,30). The van der Waals surface area contributed by atoms with Gasteiger partial charge in [0.1, 0.15) is 0 Å². The van der Waals surface area contributed by atoms with E-state index in [-0.39, 0.29) is 23.5 Å². The Labute approximate surface area is 201 Å². The average Bonchev–Trinajstić information content (AvgIpc) is 3.33. The Morgan fingerprint density at radius 3 is 2.62 bits per heavy atom. The zero-order valence-corrected chi connectivity index (χ0v) is 20.1. The summed E-state index contributed by atoms with van der Waals surface area (Å²) in [6.45, 7) is 2.57. The second kappa shape index (κ2) is 10.3. The molecule has 0 fully saturated rings. The zero-order chi connectivity index (χ0) is 24.2. The number of aromatic nitrogens is 2. The van der Waals surface area contributed by atoms with Crippen molar-refractivity contribution < 1.29 is 23.2 Å². The predicted molar refractivity (Wildman–Crippen MR) is 127 cm³/mol. The summed E-state index contributed by atoms with van der Waals surface area (Å²) in [7, 11) is 2.98. The molecule has 0 aliphatic carbocycles. The lowest BCUT2D eigenvalue weighted by Gasteiger charge is -2.35. The Morgan fingerprint density at radius 1 is 1.21 bits per heavy atom. The Bertz CT molecular complexity index is 1210. The minimum Gasteiger partial charge on any atom is -0.494 e. The predicted octanol–water partition coefficient (Wildman–Crippen LogP) is 4.75. The number of urea groups is 1. The minimum atomic E-state index is -0.524. The fourth-order valence-electron chi connectivity index (χ4n) is 3.81. The number of benzene rings is 2. The summed E-state index contributed by atoms with van der Waals surface area (Å²) in [4.78, 5) is 20.2. The second-order valence-corrected chi connectivity index (χ2v) is 8.45. The highest BCUT2D eigenvalue weighted by Crippen LogP contribution is 2.38. The molecule has 2 heterocycles. The SMILES string of the molecule is COCCN1C(=O)NC(c2ccc(SC)cc2)C(c2nc(-c3ccc(OC)c(F)c3)no2)=C1C. The first-order chi connectivity index (χ1) is 16.5. The van der Waals surface area contributed by atoms with Crippen molar-refractivity contribution in [2.45, 2.75) is 17.9 Å². The van der Waals surface area contributed by atoms with E-state index in [2.05, 4.69) is 15.5 Å². The molecule has 2 aromatic carbocycles. The maximum absolute atomic E-state index is 14.2. The van der Waals surface area contributed by atoms with Crippen LogP contribution in [0.3, 0.4) is 0 Å². The van der Waals surface area contributed by atoms with E-state index in [0.717, 1.165) is 10.5 Å². The third kappa shape index (κ3) is 4.64. The third-order valence-electron chi connectivity index (χ3n) is 5.63. The topological polar surface area (TPSA) is 89.7 Å². The van der Waals surface area contributed by atoms with Crippen LogP contribution in [0.1, 0.15) is 24.4 Å². The lowest BCUT2D eigenvalue weighted by atomic mass is 9.94. The molecule has 1 aromatic heterocycles. The van der Waals surface area contributed by atoms with Gasteiger partial charge >= 0.3 is 6.03 Å². The minimum absolute atomic E-state index is 0.128. The lowest BCUT2D eigenvalue weighted by molar-refractivity contribution is 0.158. The van der Waals surface area contributed by atoms with E-state index in [1.807, 2.05) is 37.4 Å². The fraction of sp³-hybridized carbons (Fsp3) is 0.292. The quantitative estimate of drug-likeness (QED) is 0.462. The number of thioether (sulfide) groups is 1. The summed E-state index contributed by atoms with van der Waals surface area (Å²) in [6.07, 6.45) is 2.00. The molecule has 0 spiro atoms. The molecule has 10 heteroatoms. The van der Waals surface area contributed by atoms with Crippen molar-refractivity contribution in [1.29, 1.82) is 0 Å². The summed E-state index contributed by atoms with van der Waals surface area (Å²) in [5.41, 5.74) is 2.67. The smallest absolute Gasteiger partial charge is 0.322 e. The van der Waals surface area contributed by atoms with Crippen LogP contribution in [0, 0.1) is 5.82 Å². The summed E-state index contributed by atoms with van der Waals surface area (Å²) in [5.74, 6) is 0.0755. The molecule has 8 nitrogen and oxygen atoms in total. The van der Waals surface area contributed by atoms with Gasteiger partial charge in [-0.1, -0.05) is 17.3 Å². The summed E-state index contributed by atoms with van der Waals surface area (Å²) < 4.78 is 30.0. The molecule has 1 unspecified atom stereocenters. The van der Waals surface area contributed by atoms with Gasteiger partial charge in [-0.15, -0.1) is 11.8 Å². The molecule has 1 aliphatic heterocycles. The second-order valence-electron chi connectivity index (χ2n) is 7.57. The van der Waals surface area contributed by atoms with Crippen LogP contribution in [-0.2, 0) is 4.74 Å². The van der Waals surface area contributed by atoms with Gasteiger partial charge in [0.05, 0.1) is 31.9 Å². The van der Waals surface area contributed by atoms with Crippen LogP contribution in [0.4, 0.5) is 9.18 Å². The molecule has 0 saturated heterocycles. The van der Waals surface area contributed by atoms with Crippen molar-refractivity contribution in [2.75, 3.05) is 33.6 Å². The fourth-order valence-corrected chi connectivity index (χ4v) is 4.22. The summed E-state index contributed by atoms with van der Waals surface area (Å²) in [6, 6.07) is 11.6. The third-order valence-corrected chi connectivity index (χ3v) is 6.37. The lowest BCUT2D eigenvalue weighted by Crippen LogP contribution is -2.47. The molecule has 1 atom stereocenters. The number of halogens is 1. The normalized spacial score (nSPS) is 16.1. The number of allylic oxidation sites excluding steroid dienone is 1. The van der Waals surface area contributed by atoms with Crippen LogP contribution in [0.2, 0.25) is 0 Å². The van der Waals surface area contributed by atoms with Gasteiger partial charge in [-0.2, -0.15) is 4.98 Å². The van der Waals surface area contributed by atoms with Crippen molar-refractivity contribution in [3.63, 3.8) is 0 Å². The monoisotopic (exact) mass is 484 g/mol. The molecule has 0 radical (unpaired) electrons. The van der Waals surface area contributed by atoms with Gasteiger partial charge in [-0.3, -0.25) is 4.90 Å². The van der Waals surface area contributed by atoms with Crippen LogP contribution in [0.15, 0.2) is 57.6 Å². The van der Waals surface area contributed by atoms with Crippen LogP contribution < -0.4 is 10.1 Å². The van der Waals surface area contributed by atoms with Gasteiger partial charge in [0, 0.05) is 23.3 Å². The molecule has 3 aromatic rings. The van der Waals surface area contributed by atoms with E-state index in [1.165, 1.54) is 19.2 Å². The maximum Gasteiger partial charge on any atom is 0.322 e. The molecule has 0 saturated carbocycles.